The first kappa shape index (κ1) is 28.6. The van der Waals surface area contributed by atoms with Crippen LogP contribution in [-0.2, 0) is 28.5 Å². The molecule has 1 aromatic carbocycles. The smallest absolute Gasteiger partial charge is 0.414 e. The Morgan fingerprint density at radius 1 is 1.18 bits per heavy atom. The summed E-state index contributed by atoms with van der Waals surface area (Å²) in [7, 11) is 1.62. The van der Waals surface area contributed by atoms with Gasteiger partial charge in [-0.25, -0.2) is 4.79 Å². The van der Waals surface area contributed by atoms with Crippen LogP contribution in [0.15, 0.2) is 40.8 Å². The largest absolute Gasteiger partial charge is 0.443 e. The van der Waals surface area contributed by atoms with E-state index in [-0.39, 0.29) is 29.3 Å². The van der Waals surface area contributed by atoms with Gasteiger partial charge in [-0.2, -0.15) is 0 Å². The Kier molecular flexibility index (Phi) is 8.86. The molecule has 1 aliphatic carbocycles. The van der Waals surface area contributed by atoms with Crippen molar-refractivity contribution in [2.24, 2.45) is 5.92 Å². The highest BCUT2D eigenvalue weighted by Crippen LogP contribution is 2.59. The first-order valence-corrected chi connectivity index (χ1v) is 14.1. The highest BCUT2D eigenvalue weighted by Gasteiger charge is 2.72. The van der Waals surface area contributed by atoms with E-state index in [1.807, 2.05) is 12.1 Å². The Labute approximate surface area is 228 Å². The molecule has 4 rings (SSSR count). The lowest BCUT2D eigenvalue weighted by molar-refractivity contribution is -0.124. The lowest BCUT2D eigenvalue weighted by Gasteiger charge is -2.42. The van der Waals surface area contributed by atoms with Gasteiger partial charge in [0.15, 0.2) is 0 Å². The van der Waals surface area contributed by atoms with Gasteiger partial charge in [-0.05, 0) is 64.3 Å². The molecule has 1 spiro atoms. The minimum Gasteiger partial charge on any atom is -0.443 e. The zero-order valence-electron chi connectivity index (χ0n) is 22.7. The van der Waals surface area contributed by atoms with Crippen LogP contribution in [-0.4, -0.2) is 66.9 Å². The number of alkyl carbamates (subject to hydrolysis) is 1. The Bertz CT molecular complexity index is 1070. The minimum absolute atomic E-state index is 0.0473. The average Bonchev–Trinajstić information content (AvgIpc) is 3.80. The van der Waals surface area contributed by atoms with Crippen LogP contribution < -0.4 is 10.6 Å². The van der Waals surface area contributed by atoms with Crippen molar-refractivity contribution < 1.29 is 33.3 Å². The van der Waals surface area contributed by atoms with Crippen LogP contribution in [0.2, 0.25) is 0 Å². The molecule has 2 heterocycles. The van der Waals surface area contributed by atoms with E-state index in [9.17, 15) is 14.4 Å². The molecular formula is C28H38N2O7S. The van der Waals surface area contributed by atoms with E-state index < -0.39 is 29.8 Å². The second-order valence-electron chi connectivity index (χ2n) is 10.6. The molecule has 10 heteroatoms. The predicted molar refractivity (Wildman–Crippen MR) is 144 cm³/mol. The molecule has 3 fully saturated rings. The van der Waals surface area contributed by atoms with Gasteiger partial charge in [0.2, 0.25) is 11.8 Å². The Hall–Kier alpha value is -2.40. The van der Waals surface area contributed by atoms with Gasteiger partial charge in [0, 0.05) is 24.1 Å². The second kappa shape index (κ2) is 11.8. The standard InChI is InChI=1S/C28H38N2O7S/c1-6-22(31)29-18-8-10-19(11-9-18)38-15-23(32)30-26(33)36-20-13-14-28(16-35-28)25(24(20)34-5)27(4)21(37-27)12-7-17(2)3/h7-11,20-21,24-25H,6,12-16H2,1-5H3,(H,29,31)(H,30,32,33)/t20?,21-,24?,25?,27?,28+/m1/s1. The van der Waals surface area contributed by atoms with Crippen LogP contribution in [0.1, 0.15) is 53.4 Å². The van der Waals surface area contributed by atoms with Gasteiger partial charge in [0.25, 0.3) is 0 Å². The molecule has 6 atom stereocenters. The maximum absolute atomic E-state index is 12.6. The minimum atomic E-state index is -0.783. The van der Waals surface area contributed by atoms with Gasteiger partial charge in [-0.15, -0.1) is 11.8 Å². The average molecular weight is 547 g/mol. The Morgan fingerprint density at radius 3 is 2.50 bits per heavy atom. The summed E-state index contributed by atoms with van der Waals surface area (Å²) in [6.07, 6.45) is 3.06. The number of methoxy groups -OCH3 is 1. The first-order valence-electron chi connectivity index (χ1n) is 13.1. The molecule has 2 N–H and O–H groups in total. The highest BCUT2D eigenvalue weighted by molar-refractivity contribution is 8.00. The maximum Gasteiger partial charge on any atom is 0.414 e. The molecule has 9 nitrogen and oxygen atoms in total. The molecule has 38 heavy (non-hydrogen) atoms. The maximum atomic E-state index is 12.6. The monoisotopic (exact) mass is 546 g/mol. The van der Waals surface area contributed by atoms with E-state index in [1.54, 1.807) is 26.2 Å². The summed E-state index contributed by atoms with van der Waals surface area (Å²) in [6, 6.07) is 7.18. The summed E-state index contributed by atoms with van der Waals surface area (Å²) >= 11 is 1.29. The number of anilines is 1. The van der Waals surface area contributed by atoms with Gasteiger partial charge < -0.3 is 24.3 Å². The Balaban J connectivity index is 1.29. The third-order valence-electron chi connectivity index (χ3n) is 7.57. The summed E-state index contributed by atoms with van der Waals surface area (Å²) in [5.74, 6) is -0.555. The second-order valence-corrected chi connectivity index (χ2v) is 11.6. The van der Waals surface area contributed by atoms with E-state index in [4.69, 9.17) is 18.9 Å². The van der Waals surface area contributed by atoms with Crippen LogP contribution in [0.25, 0.3) is 0 Å². The molecule has 4 unspecified atom stereocenters. The number of hydrogen-bond donors (Lipinski definition) is 2. The summed E-state index contributed by atoms with van der Waals surface area (Å²) in [5, 5.41) is 5.11. The van der Waals surface area contributed by atoms with E-state index in [0.717, 1.165) is 17.7 Å². The number of benzene rings is 1. The molecule has 2 aliphatic heterocycles. The fourth-order valence-corrected chi connectivity index (χ4v) is 6.12. The zero-order chi connectivity index (χ0) is 27.5. The SMILES string of the molecule is CCC(=O)Nc1ccc(SCC(=O)NC(=O)OC2CC[C@]3(CO3)C(C3(C)O[C@@H]3CC=C(C)C)C2OC)cc1. The molecule has 0 radical (unpaired) electrons. The van der Waals surface area contributed by atoms with Gasteiger partial charge in [0.1, 0.15) is 23.4 Å². The lowest BCUT2D eigenvalue weighted by Crippen LogP contribution is -2.56. The summed E-state index contributed by atoms with van der Waals surface area (Å²) in [5.41, 5.74) is 1.20. The topological polar surface area (TPSA) is 119 Å². The normalized spacial score (nSPS) is 31.3. The molecular weight excluding hydrogens is 508 g/mol. The van der Waals surface area contributed by atoms with Crippen molar-refractivity contribution in [3.05, 3.63) is 35.9 Å². The quantitative estimate of drug-likeness (QED) is 0.251. The molecule has 0 bridgehead atoms. The van der Waals surface area contributed by atoms with Crippen molar-refractivity contribution >= 4 is 35.4 Å². The van der Waals surface area contributed by atoms with Crippen LogP contribution in [0.4, 0.5) is 10.5 Å². The lowest BCUT2D eigenvalue weighted by atomic mass is 9.68. The fraction of sp³-hybridized carbons (Fsp3) is 0.607. The van der Waals surface area contributed by atoms with Crippen LogP contribution in [0.3, 0.4) is 0 Å². The molecule has 2 saturated heterocycles. The summed E-state index contributed by atoms with van der Waals surface area (Å²) in [6.45, 7) is 8.65. The van der Waals surface area contributed by atoms with Gasteiger partial charge >= 0.3 is 6.09 Å². The van der Waals surface area contributed by atoms with Crippen molar-refractivity contribution in [1.29, 1.82) is 0 Å². The number of carbonyl (C=O) groups excluding carboxylic acids is 3. The summed E-state index contributed by atoms with van der Waals surface area (Å²) in [4.78, 5) is 37.4. The van der Waals surface area contributed by atoms with Gasteiger partial charge in [-0.3, -0.25) is 14.9 Å². The van der Waals surface area contributed by atoms with Crippen molar-refractivity contribution in [1.82, 2.24) is 5.32 Å². The van der Waals surface area contributed by atoms with Crippen LogP contribution in [0, 0.1) is 5.92 Å². The number of amides is 3. The van der Waals surface area contributed by atoms with Crippen molar-refractivity contribution in [2.75, 3.05) is 24.8 Å². The number of carbonyl (C=O) groups is 3. The number of epoxide rings is 2. The van der Waals surface area contributed by atoms with Crippen LogP contribution >= 0.6 is 11.8 Å². The van der Waals surface area contributed by atoms with Gasteiger partial charge in [-0.1, -0.05) is 18.6 Å². The number of rotatable bonds is 10. The van der Waals surface area contributed by atoms with E-state index in [1.165, 1.54) is 17.3 Å². The van der Waals surface area contributed by atoms with Crippen molar-refractivity contribution in [3.63, 3.8) is 0 Å². The van der Waals surface area contributed by atoms with E-state index >= 15 is 0 Å². The number of nitrogens with one attached hydrogen (secondary N) is 2. The van der Waals surface area contributed by atoms with Crippen molar-refractivity contribution in [2.45, 2.75) is 87.8 Å². The third-order valence-corrected chi connectivity index (χ3v) is 8.58. The number of thioether (sulfide) groups is 1. The van der Waals surface area contributed by atoms with E-state index in [0.29, 0.717) is 25.1 Å². The van der Waals surface area contributed by atoms with Crippen molar-refractivity contribution in [3.8, 4) is 0 Å². The molecule has 1 aromatic rings. The number of imide groups is 1. The number of ether oxygens (including phenoxy) is 4. The fourth-order valence-electron chi connectivity index (χ4n) is 5.42. The number of hydrogen-bond acceptors (Lipinski definition) is 8. The molecule has 3 aliphatic rings. The predicted octanol–water partition coefficient (Wildman–Crippen LogP) is 4.46. The zero-order valence-corrected chi connectivity index (χ0v) is 23.5. The Morgan fingerprint density at radius 2 is 1.89 bits per heavy atom. The molecule has 1 saturated carbocycles. The molecule has 0 aromatic heterocycles. The molecule has 3 amide bonds. The third kappa shape index (κ3) is 6.59. The van der Waals surface area contributed by atoms with E-state index in [2.05, 4.69) is 37.5 Å². The highest BCUT2D eigenvalue weighted by atomic mass is 32.2. The van der Waals surface area contributed by atoms with Crippen LogP contribution in [0.5, 0.6) is 0 Å². The first-order chi connectivity index (χ1) is 18.1. The van der Waals surface area contributed by atoms with Gasteiger partial charge in [0.05, 0.1) is 24.4 Å². The molecule has 208 valence electrons. The number of allylic oxidation sites excluding steroid dienone is 1. The summed E-state index contributed by atoms with van der Waals surface area (Å²) < 4.78 is 23.7.